The van der Waals surface area contributed by atoms with Gasteiger partial charge in [-0.25, -0.2) is 8.78 Å². The normalized spacial score (nSPS) is 21.4. The van der Waals surface area contributed by atoms with Crippen LogP contribution in [0.25, 0.3) is 0 Å². The van der Waals surface area contributed by atoms with Crippen molar-refractivity contribution in [2.45, 2.75) is 25.5 Å². The molecule has 6 heteroatoms. The first-order valence-corrected chi connectivity index (χ1v) is 7.05. The molecule has 1 aliphatic heterocycles. The number of hydrogen-bond acceptors (Lipinski definition) is 2. The van der Waals surface area contributed by atoms with Gasteiger partial charge in [0.2, 0.25) is 0 Å². The standard InChI is InChI=1S/C16H16F2N2O2/c1-9-12(4-5-19-9)16(22)20-8-11(21)7-15(20)13-6-10(17)2-3-14(13)18/h2-6,11,15,19,21H,7-8H2,1H3/t11-,15+/m0/s1. The number of likely N-dealkylation sites (tertiary alicyclic amines) is 1. The van der Waals surface area contributed by atoms with Gasteiger partial charge in [-0.1, -0.05) is 0 Å². The van der Waals surface area contributed by atoms with Gasteiger partial charge >= 0.3 is 0 Å². The van der Waals surface area contributed by atoms with Crippen molar-refractivity contribution in [2.24, 2.45) is 0 Å². The number of aromatic nitrogens is 1. The van der Waals surface area contributed by atoms with Crippen LogP contribution in [0.3, 0.4) is 0 Å². The Kier molecular flexibility index (Phi) is 3.70. The van der Waals surface area contributed by atoms with Crippen LogP contribution < -0.4 is 0 Å². The SMILES string of the molecule is Cc1[nH]ccc1C(=O)N1C[C@@H](O)C[C@@H]1c1cc(F)ccc1F. The van der Waals surface area contributed by atoms with Crippen LogP contribution in [0.4, 0.5) is 8.78 Å². The van der Waals surface area contributed by atoms with Crippen molar-refractivity contribution in [3.8, 4) is 0 Å². The van der Waals surface area contributed by atoms with E-state index in [1.54, 1.807) is 19.2 Å². The van der Waals surface area contributed by atoms with E-state index in [2.05, 4.69) is 4.98 Å². The van der Waals surface area contributed by atoms with Gasteiger partial charge in [0, 0.05) is 24.0 Å². The van der Waals surface area contributed by atoms with Crippen LogP contribution in [-0.2, 0) is 0 Å². The summed E-state index contributed by atoms with van der Waals surface area (Å²) < 4.78 is 27.4. The predicted octanol–water partition coefficient (Wildman–Crippen LogP) is 2.55. The number of nitrogens with one attached hydrogen (secondary N) is 1. The summed E-state index contributed by atoms with van der Waals surface area (Å²) in [6.45, 7) is 1.86. The lowest BCUT2D eigenvalue weighted by Gasteiger charge is -2.25. The lowest BCUT2D eigenvalue weighted by Crippen LogP contribution is -2.32. The summed E-state index contributed by atoms with van der Waals surface area (Å²) in [4.78, 5) is 16.9. The van der Waals surface area contributed by atoms with Crippen LogP contribution in [0.2, 0.25) is 0 Å². The highest BCUT2D eigenvalue weighted by Crippen LogP contribution is 2.35. The number of H-pyrrole nitrogens is 1. The molecule has 2 heterocycles. The topological polar surface area (TPSA) is 56.3 Å². The van der Waals surface area contributed by atoms with Crippen molar-refractivity contribution >= 4 is 5.91 Å². The second-order valence-corrected chi connectivity index (χ2v) is 5.55. The maximum absolute atomic E-state index is 14.0. The maximum Gasteiger partial charge on any atom is 0.256 e. The number of halogens is 2. The average molecular weight is 306 g/mol. The van der Waals surface area contributed by atoms with E-state index >= 15 is 0 Å². The quantitative estimate of drug-likeness (QED) is 0.896. The summed E-state index contributed by atoms with van der Waals surface area (Å²) in [5.74, 6) is -1.45. The van der Waals surface area contributed by atoms with Crippen molar-refractivity contribution in [3.63, 3.8) is 0 Å². The Labute approximate surface area is 126 Å². The number of aliphatic hydroxyl groups is 1. The number of amides is 1. The summed E-state index contributed by atoms with van der Waals surface area (Å²) in [6.07, 6.45) is 1.08. The van der Waals surface area contributed by atoms with E-state index in [0.717, 1.165) is 18.2 Å². The van der Waals surface area contributed by atoms with Crippen molar-refractivity contribution in [1.29, 1.82) is 0 Å². The lowest BCUT2D eigenvalue weighted by molar-refractivity contribution is 0.0713. The van der Waals surface area contributed by atoms with E-state index in [-0.39, 0.29) is 24.4 Å². The van der Waals surface area contributed by atoms with Gasteiger partial charge in [0.05, 0.1) is 17.7 Å². The van der Waals surface area contributed by atoms with Gasteiger partial charge in [0.1, 0.15) is 11.6 Å². The molecule has 2 aromatic rings. The third-order valence-corrected chi connectivity index (χ3v) is 4.04. The fourth-order valence-electron chi connectivity index (χ4n) is 2.94. The number of nitrogens with zero attached hydrogens (tertiary/aromatic N) is 1. The van der Waals surface area contributed by atoms with Crippen molar-refractivity contribution in [3.05, 3.63) is 58.9 Å². The van der Waals surface area contributed by atoms with Crippen molar-refractivity contribution in [1.82, 2.24) is 9.88 Å². The summed E-state index contributed by atoms with van der Waals surface area (Å²) in [5, 5.41) is 9.89. The molecule has 0 radical (unpaired) electrons. The zero-order chi connectivity index (χ0) is 15.9. The Hall–Kier alpha value is -2.21. The minimum atomic E-state index is -0.754. The van der Waals surface area contributed by atoms with Crippen molar-refractivity contribution < 1.29 is 18.7 Å². The van der Waals surface area contributed by atoms with Crippen LogP contribution in [0.1, 0.15) is 34.1 Å². The number of carbonyl (C=O) groups is 1. The van der Waals surface area contributed by atoms with E-state index in [4.69, 9.17) is 0 Å². The predicted molar refractivity (Wildman–Crippen MR) is 76.3 cm³/mol. The smallest absolute Gasteiger partial charge is 0.256 e. The Balaban J connectivity index is 1.98. The molecule has 116 valence electrons. The summed E-state index contributed by atoms with van der Waals surface area (Å²) >= 11 is 0. The molecule has 1 aliphatic rings. The van der Waals surface area contributed by atoms with E-state index in [9.17, 15) is 18.7 Å². The minimum absolute atomic E-state index is 0.0955. The van der Waals surface area contributed by atoms with Crippen LogP contribution in [0, 0.1) is 18.6 Å². The second kappa shape index (κ2) is 5.53. The summed E-state index contributed by atoms with van der Waals surface area (Å²) in [5.41, 5.74) is 1.26. The highest BCUT2D eigenvalue weighted by atomic mass is 19.1. The Morgan fingerprint density at radius 2 is 2.14 bits per heavy atom. The van der Waals surface area contributed by atoms with Crippen LogP contribution in [-0.4, -0.2) is 33.5 Å². The number of aliphatic hydroxyl groups excluding tert-OH is 1. The molecule has 22 heavy (non-hydrogen) atoms. The van der Waals surface area contributed by atoms with Gasteiger partial charge in [-0.3, -0.25) is 4.79 Å². The Morgan fingerprint density at radius 3 is 2.82 bits per heavy atom. The second-order valence-electron chi connectivity index (χ2n) is 5.55. The van der Waals surface area contributed by atoms with Gasteiger partial charge < -0.3 is 15.0 Å². The van der Waals surface area contributed by atoms with E-state index in [0.29, 0.717) is 11.3 Å². The van der Waals surface area contributed by atoms with Gasteiger partial charge in [0.15, 0.2) is 0 Å². The van der Waals surface area contributed by atoms with E-state index in [1.165, 1.54) is 4.90 Å². The molecule has 1 aromatic carbocycles. The molecule has 2 atom stereocenters. The van der Waals surface area contributed by atoms with Crippen LogP contribution in [0.5, 0.6) is 0 Å². The van der Waals surface area contributed by atoms with Crippen LogP contribution in [0.15, 0.2) is 30.5 Å². The number of β-amino-alcohol motifs (C(OH)–C–C–N with tert-alkyl or cyclic N) is 1. The van der Waals surface area contributed by atoms with Gasteiger partial charge in [-0.15, -0.1) is 0 Å². The fourth-order valence-corrected chi connectivity index (χ4v) is 2.94. The Morgan fingerprint density at radius 1 is 1.36 bits per heavy atom. The van der Waals surface area contributed by atoms with E-state index in [1.807, 2.05) is 0 Å². The molecule has 0 unspecified atom stereocenters. The van der Waals surface area contributed by atoms with E-state index < -0.39 is 23.8 Å². The molecule has 0 spiro atoms. The van der Waals surface area contributed by atoms with Gasteiger partial charge in [-0.05, 0) is 37.6 Å². The molecule has 0 aliphatic carbocycles. The molecule has 2 N–H and O–H groups in total. The zero-order valence-corrected chi connectivity index (χ0v) is 12.0. The largest absolute Gasteiger partial charge is 0.391 e. The fraction of sp³-hybridized carbons (Fsp3) is 0.312. The molecule has 1 amide bonds. The number of aromatic amines is 1. The molecule has 0 bridgehead atoms. The number of carbonyl (C=O) groups excluding carboxylic acids is 1. The molecule has 1 aromatic heterocycles. The first-order chi connectivity index (χ1) is 10.5. The summed E-state index contributed by atoms with van der Waals surface area (Å²) in [7, 11) is 0. The molecule has 1 saturated heterocycles. The maximum atomic E-state index is 14.0. The third kappa shape index (κ3) is 2.50. The third-order valence-electron chi connectivity index (χ3n) is 4.04. The van der Waals surface area contributed by atoms with Crippen LogP contribution >= 0.6 is 0 Å². The first-order valence-electron chi connectivity index (χ1n) is 7.05. The Bertz CT molecular complexity index is 714. The number of aryl methyl sites for hydroxylation is 1. The van der Waals surface area contributed by atoms with Crippen molar-refractivity contribution in [2.75, 3.05) is 6.54 Å². The highest BCUT2D eigenvalue weighted by Gasteiger charge is 2.37. The first kappa shape index (κ1) is 14.7. The molecule has 1 fully saturated rings. The number of benzene rings is 1. The monoisotopic (exact) mass is 306 g/mol. The van der Waals surface area contributed by atoms with Gasteiger partial charge in [0.25, 0.3) is 5.91 Å². The lowest BCUT2D eigenvalue weighted by atomic mass is 10.0. The molecule has 4 nitrogen and oxygen atoms in total. The molecular formula is C16H16F2N2O2. The summed E-state index contributed by atoms with van der Waals surface area (Å²) in [6, 6.07) is 4.13. The minimum Gasteiger partial charge on any atom is -0.391 e. The zero-order valence-electron chi connectivity index (χ0n) is 12.0. The average Bonchev–Trinajstić information content (AvgIpc) is 3.07. The molecular weight excluding hydrogens is 290 g/mol. The molecule has 0 saturated carbocycles. The highest BCUT2D eigenvalue weighted by molar-refractivity contribution is 5.95. The number of hydrogen-bond donors (Lipinski definition) is 2. The molecule has 3 rings (SSSR count). The number of rotatable bonds is 2. The van der Waals surface area contributed by atoms with Gasteiger partial charge in [-0.2, -0.15) is 0 Å².